The van der Waals surface area contributed by atoms with Crippen LogP contribution in [-0.4, -0.2) is 46.8 Å². The Bertz CT molecular complexity index is 276. The smallest absolute Gasteiger partial charge is 0.410 e. The number of rotatable bonds is 0. The number of hydrogen-bond donors (Lipinski definition) is 1. The van der Waals surface area contributed by atoms with Crippen molar-refractivity contribution < 1.29 is 23.4 Å². The lowest BCUT2D eigenvalue weighted by Crippen LogP contribution is -2.54. The summed E-state index contributed by atoms with van der Waals surface area (Å²) in [7, 11) is 0. The molecule has 1 N–H and O–H groups in total. The van der Waals surface area contributed by atoms with Gasteiger partial charge in [0.15, 0.2) is 0 Å². The third-order valence-corrected chi connectivity index (χ3v) is 2.21. The van der Waals surface area contributed by atoms with Gasteiger partial charge in [0.2, 0.25) is 0 Å². The summed E-state index contributed by atoms with van der Waals surface area (Å²) >= 11 is 0. The second-order valence-electron chi connectivity index (χ2n) is 4.97. The third-order valence-electron chi connectivity index (χ3n) is 2.21. The Morgan fingerprint density at radius 2 is 2.06 bits per heavy atom. The van der Waals surface area contributed by atoms with Crippen LogP contribution >= 0.6 is 0 Å². The van der Waals surface area contributed by atoms with Crippen molar-refractivity contribution in [2.24, 2.45) is 0 Å². The molecule has 0 spiro atoms. The van der Waals surface area contributed by atoms with Crippen LogP contribution in [0.15, 0.2) is 0 Å². The summed E-state index contributed by atoms with van der Waals surface area (Å²) in [6.45, 7) is 4.31. The fraction of sp³-hybridized carbons (Fsp3) is 0.900. The average molecular weight is 237 g/mol. The Morgan fingerprint density at radius 3 is 2.50 bits per heavy atom. The first kappa shape index (κ1) is 13.2. The van der Waals surface area contributed by atoms with Crippen molar-refractivity contribution >= 4 is 6.09 Å². The van der Waals surface area contributed by atoms with Crippen LogP contribution in [0.2, 0.25) is 0 Å². The Labute approximate surface area is 93.2 Å². The molecule has 0 aliphatic carbocycles. The first-order valence-electron chi connectivity index (χ1n) is 5.16. The number of nitrogens with zero attached hydrogens (tertiary/aromatic N) is 1. The molecule has 4 nitrogen and oxygen atoms in total. The maximum atomic E-state index is 13.1. The van der Waals surface area contributed by atoms with Crippen molar-refractivity contribution in [2.75, 3.05) is 13.1 Å². The largest absolute Gasteiger partial charge is 0.444 e. The summed E-state index contributed by atoms with van der Waals surface area (Å²) in [6.07, 6.45) is -2.57. The van der Waals surface area contributed by atoms with Crippen molar-refractivity contribution in [1.29, 1.82) is 0 Å². The van der Waals surface area contributed by atoms with Crippen LogP contribution in [0.1, 0.15) is 27.2 Å². The molecule has 1 rings (SSSR count). The number of amides is 1. The normalized spacial score (nSPS) is 25.4. The van der Waals surface area contributed by atoms with Gasteiger partial charge in [-0.1, -0.05) is 0 Å². The van der Waals surface area contributed by atoms with Crippen LogP contribution in [0.3, 0.4) is 0 Å². The highest BCUT2D eigenvalue weighted by atomic mass is 19.3. The van der Waals surface area contributed by atoms with Crippen LogP contribution in [0.4, 0.5) is 13.6 Å². The molecule has 1 saturated heterocycles. The van der Waals surface area contributed by atoms with E-state index in [2.05, 4.69) is 0 Å². The van der Waals surface area contributed by atoms with Gasteiger partial charge >= 0.3 is 6.09 Å². The topological polar surface area (TPSA) is 49.8 Å². The van der Waals surface area contributed by atoms with Gasteiger partial charge in [0.1, 0.15) is 11.7 Å². The summed E-state index contributed by atoms with van der Waals surface area (Å²) in [5, 5.41) is 9.04. The summed E-state index contributed by atoms with van der Waals surface area (Å²) in [6, 6.07) is 0. The molecule has 6 heteroatoms. The highest BCUT2D eigenvalue weighted by Crippen LogP contribution is 2.28. The molecule has 0 aromatic rings. The van der Waals surface area contributed by atoms with Crippen LogP contribution in [0, 0.1) is 0 Å². The van der Waals surface area contributed by atoms with Gasteiger partial charge in [-0.25, -0.2) is 13.6 Å². The summed E-state index contributed by atoms with van der Waals surface area (Å²) in [5.41, 5.74) is -0.706. The second-order valence-corrected chi connectivity index (χ2v) is 4.97. The minimum atomic E-state index is -3.25. The van der Waals surface area contributed by atoms with E-state index in [0.29, 0.717) is 0 Å². The number of ether oxygens (including phenoxy) is 1. The van der Waals surface area contributed by atoms with Gasteiger partial charge in [0.25, 0.3) is 5.92 Å². The molecule has 1 fully saturated rings. The van der Waals surface area contributed by atoms with Crippen molar-refractivity contribution in [3.05, 3.63) is 0 Å². The van der Waals surface area contributed by atoms with E-state index in [-0.39, 0.29) is 13.0 Å². The zero-order valence-electron chi connectivity index (χ0n) is 9.67. The molecule has 0 saturated carbocycles. The fourth-order valence-corrected chi connectivity index (χ4v) is 1.41. The van der Waals surface area contributed by atoms with Crippen molar-refractivity contribution in [3.8, 4) is 0 Å². The number of halogens is 2. The third kappa shape index (κ3) is 3.30. The summed E-state index contributed by atoms with van der Waals surface area (Å²) < 4.78 is 31.3. The average Bonchev–Trinajstić information content (AvgIpc) is 2.06. The summed E-state index contributed by atoms with van der Waals surface area (Å²) in [4.78, 5) is 12.4. The molecule has 0 bridgehead atoms. The van der Waals surface area contributed by atoms with E-state index in [1.165, 1.54) is 0 Å². The minimum absolute atomic E-state index is 0.0890. The summed E-state index contributed by atoms with van der Waals surface area (Å²) in [5.74, 6) is -3.25. The van der Waals surface area contributed by atoms with Gasteiger partial charge < -0.3 is 14.7 Å². The maximum absolute atomic E-state index is 13.1. The number of aliphatic hydroxyl groups is 1. The minimum Gasteiger partial charge on any atom is -0.444 e. The Kier molecular flexibility index (Phi) is 3.42. The van der Waals surface area contributed by atoms with Gasteiger partial charge in [-0.3, -0.25) is 0 Å². The van der Waals surface area contributed by atoms with Crippen molar-refractivity contribution in [2.45, 2.75) is 44.8 Å². The standard InChI is InChI=1S/C10H17F2NO3/c1-9(2,3)16-8(15)13-5-4-7(14)10(11,12)6-13/h7,14H,4-6H2,1-3H3/t7-/m1/s1. The van der Waals surface area contributed by atoms with E-state index < -0.39 is 30.3 Å². The molecular weight excluding hydrogens is 220 g/mol. The number of hydrogen-bond acceptors (Lipinski definition) is 3. The zero-order chi connectivity index (χ0) is 12.6. The Hall–Kier alpha value is -0.910. The van der Waals surface area contributed by atoms with Crippen LogP contribution in [0.5, 0.6) is 0 Å². The molecular formula is C10H17F2NO3. The highest BCUT2D eigenvalue weighted by Gasteiger charge is 2.45. The number of aliphatic hydroxyl groups excluding tert-OH is 1. The molecule has 1 atom stereocenters. The predicted octanol–water partition coefficient (Wildman–Crippen LogP) is 1.62. The van der Waals surface area contributed by atoms with Gasteiger partial charge in [-0.05, 0) is 27.2 Å². The first-order chi connectivity index (χ1) is 7.12. The van der Waals surface area contributed by atoms with Crippen molar-refractivity contribution in [3.63, 3.8) is 0 Å². The lowest BCUT2D eigenvalue weighted by Gasteiger charge is -2.36. The first-order valence-corrected chi connectivity index (χ1v) is 5.16. The van der Waals surface area contributed by atoms with Crippen LogP contribution in [-0.2, 0) is 4.74 Å². The van der Waals surface area contributed by atoms with E-state index in [1.54, 1.807) is 20.8 Å². The highest BCUT2D eigenvalue weighted by molar-refractivity contribution is 5.68. The molecule has 1 aliphatic rings. The number of carbonyl (C=O) groups excluding carboxylic acids is 1. The number of likely N-dealkylation sites (tertiary alicyclic amines) is 1. The molecule has 1 amide bonds. The van der Waals surface area contributed by atoms with Crippen LogP contribution in [0.25, 0.3) is 0 Å². The quantitative estimate of drug-likeness (QED) is 0.696. The van der Waals surface area contributed by atoms with E-state index in [9.17, 15) is 13.6 Å². The fourth-order valence-electron chi connectivity index (χ4n) is 1.41. The molecule has 94 valence electrons. The monoisotopic (exact) mass is 237 g/mol. The van der Waals surface area contributed by atoms with Gasteiger partial charge in [-0.2, -0.15) is 0 Å². The SMILES string of the molecule is CC(C)(C)OC(=O)N1CC[C@@H](O)C(F)(F)C1. The molecule has 1 heterocycles. The molecule has 0 aromatic carbocycles. The Balaban J connectivity index is 2.60. The molecule has 1 aliphatic heterocycles. The van der Waals surface area contributed by atoms with E-state index in [1.807, 2.05) is 0 Å². The van der Waals surface area contributed by atoms with Gasteiger partial charge in [0.05, 0.1) is 6.54 Å². The van der Waals surface area contributed by atoms with E-state index >= 15 is 0 Å². The number of piperidine rings is 1. The van der Waals surface area contributed by atoms with Gasteiger partial charge in [0, 0.05) is 6.54 Å². The lowest BCUT2D eigenvalue weighted by molar-refractivity contribution is -0.147. The molecule has 0 unspecified atom stereocenters. The second kappa shape index (κ2) is 4.16. The molecule has 0 aromatic heterocycles. The van der Waals surface area contributed by atoms with Crippen LogP contribution < -0.4 is 0 Å². The predicted molar refractivity (Wildman–Crippen MR) is 53.4 cm³/mol. The zero-order valence-corrected chi connectivity index (χ0v) is 9.67. The Morgan fingerprint density at radius 1 is 1.50 bits per heavy atom. The molecule has 16 heavy (non-hydrogen) atoms. The van der Waals surface area contributed by atoms with Crippen molar-refractivity contribution in [1.82, 2.24) is 4.90 Å². The molecule has 0 radical (unpaired) electrons. The van der Waals surface area contributed by atoms with E-state index in [4.69, 9.17) is 9.84 Å². The number of alkyl halides is 2. The van der Waals surface area contributed by atoms with Gasteiger partial charge in [-0.15, -0.1) is 0 Å². The number of carbonyl (C=O) groups is 1. The maximum Gasteiger partial charge on any atom is 0.410 e. The van der Waals surface area contributed by atoms with E-state index in [0.717, 1.165) is 4.90 Å². The lowest BCUT2D eigenvalue weighted by atomic mass is 10.0.